The van der Waals surface area contributed by atoms with Crippen LogP contribution in [-0.2, 0) is 9.59 Å². The van der Waals surface area contributed by atoms with Gasteiger partial charge in [0.2, 0.25) is 0 Å². The van der Waals surface area contributed by atoms with Gasteiger partial charge in [0.25, 0.3) is 0 Å². The van der Waals surface area contributed by atoms with Crippen molar-refractivity contribution < 1.29 is 50.4 Å². The van der Waals surface area contributed by atoms with Crippen LogP contribution >= 0.6 is 0 Å². The van der Waals surface area contributed by atoms with Crippen LogP contribution in [0.1, 0.15) is 6.92 Å². The highest BCUT2D eigenvalue weighted by Crippen LogP contribution is 2.02. The highest BCUT2D eigenvalue weighted by molar-refractivity contribution is 5.57. The SMILES string of the molecule is C[C@H](O)[C@@H](O)[C@@H](O)[C@H](O)C=O.O=C[C@@H](O)[C@@H](O)[C@H](O)CO. The Bertz CT molecular complexity index is 284. The monoisotopic (exact) mass is 314 g/mol. The highest BCUT2D eigenvalue weighted by atomic mass is 16.4. The minimum atomic E-state index is -1.65. The molecule has 0 heterocycles. The predicted molar refractivity (Wildman–Crippen MR) is 66.9 cm³/mol. The maximum Gasteiger partial charge on any atom is 0.151 e. The van der Waals surface area contributed by atoms with Gasteiger partial charge in [0.15, 0.2) is 12.6 Å². The number of carbonyl (C=O) groups is 2. The molecule has 0 unspecified atom stereocenters. The van der Waals surface area contributed by atoms with Crippen LogP contribution in [0.3, 0.4) is 0 Å². The molecule has 0 fully saturated rings. The van der Waals surface area contributed by atoms with Gasteiger partial charge in [-0.1, -0.05) is 0 Å². The third kappa shape index (κ3) is 8.80. The Labute approximate surface area is 120 Å². The van der Waals surface area contributed by atoms with E-state index in [1.165, 1.54) is 6.92 Å². The molecule has 0 spiro atoms. The number of aliphatic hydroxyl groups is 8. The van der Waals surface area contributed by atoms with Crippen LogP contribution in [0, 0.1) is 0 Å². The summed E-state index contributed by atoms with van der Waals surface area (Å²) in [5, 5.41) is 69.2. The van der Waals surface area contributed by atoms with Gasteiger partial charge in [0.1, 0.15) is 36.6 Å². The molecule has 0 saturated heterocycles. The Morgan fingerprint density at radius 2 is 1.14 bits per heavy atom. The Balaban J connectivity index is 0. The van der Waals surface area contributed by atoms with Crippen molar-refractivity contribution >= 4 is 12.6 Å². The Morgan fingerprint density at radius 1 is 0.762 bits per heavy atom. The molecule has 126 valence electrons. The number of carbonyl (C=O) groups excluding carboxylic acids is 2. The second-order valence-electron chi connectivity index (χ2n) is 4.22. The zero-order valence-corrected chi connectivity index (χ0v) is 11.3. The van der Waals surface area contributed by atoms with Gasteiger partial charge < -0.3 is 50.4 Å². The largest absolute Gasteiger partial charge is 0.394 e. The van der Waals surface area contributed by atoms with Crippen molar-refractivity contribution in [1.82, 2.24) is 0 Å². The third-order valence-corrected chi connectivity index (χ3v) is 2.40. The van der Waals surface area contributed by atoms with Crippen molar-refractivity contribution in [3.63, 3.8) is 0 Å². The minimum Gasteiger partial charge on any atom is -0.394 e. The second-order valence-corrected chi connectivity index (χ2v) is 4.22. The van der Waals surface area contributed by atoms with Crippen molar-refractivity contribution in [2.75, 3.05) is 6.61 Å². The van der Waals surface area contributed by atoms with Gasteiger partial charge in [-0.3, -0.25) is 0 Å². The lowest BCUT2D eigenvalue weighted by Gasteiger charge is -2.21. The molecule has 0 aliphatic rings. The van der Waals surface area contributed by atoms with Gasteiger partial charge in [-0.2, -0.15) is 0 Å². The quantitative estimate of drug-likeness (QED) is 0.201. The third-order valence-electron chi connectivity index (χ3n) is 2.40. The average Bonchev–Trinajstić information content (AvgIpc) is 2.50. The Morgan fingerprint density at radius 3 is 1.43 bits per heavy atom. The summed E-state index contributed by atoms with van der Waals surface area (Å²) in [6, 6.07) is 0. The van der Waals surface area contributed by atoms with Gasteiger partial charge in [0.05, 0.1) is 12.7 Å². The molecule has 10 nitrogen and oxygen atoms in total. The summed E-state index contributed by atoms with van der Waals surface area (Å²) in [4.78, 5) is 19.6. The van der Waals surface area contributed by atoms with Crippen molar-refractivity contribution in [1.29, 1.82) is 0 Å². The first-order chi connectivity index (χ1) is 9.63. The lowest BCUT2D eigenvalue weighted by Crippen LogP contribution is -2.43. The van der Waals surface area contributed by atoms with Crippen LogP contribution in [0.25, 0.3) is 0 Å². The molecule has 0 aromatic carbocycles. The van der Waals surface area contributed by atoms with E-state index in [1.54, 1.807) is 0 Å². The number of hydrogen-bond donors (Lipinski definition) is 8. The molecule has 0 aliphatic carbocycles. The van der Waals surface area contributed by atoms with Gasteiger partial charge in [-0.25, -0.2) is 0 Å². The molecular weight excluding hydrogens is 292 g/mol. The van der Waals surface area contributed by atoms with E-state index < -0.39 is 49.3 Å². The van der Waals surface area contributed by atoms with Crippen molar-refractivity contribution in [3.8, 4) is 0 Å². The lowest BCUT2D eigenvalue weighted by atomic mass is 10.1. The van der Waals surface area contributed by atoms with E-state index in [-0.39, 0.29) is 12.6 Å². The summed E-state index contributed by atoms with van der Waals surface area (Å²) in [7, 11) is 0. The molecule has 21 heavy (non-hydrogen) atoms. The molecule has 8 N–H and O–H groups in total. The van der Waals surface area contributed by atoms with Gasteiger partial charge >= 0.3 is 0 Å². The lowest BCUT2D eigenvalue weighted by molar-refractivity contribution is -0.132. The summed E-state index contributed by atoms with van der Waals surface area (Å²) in [5.74, 6) is 0. The Kier molecular flexibility index (Phi) is 12.4. The van der Waals surface area contributed by atoms with E-state index in [0.29, 0.717) is 0 Å². The molecule has 10 heteroatoms. The molecule has 0 saturated carbocycles. The zero-order valence-electron chi connectivity index (χ0n) is 11.3. The van der Waals surface area contributed by atoms with E-state index in [0.717, 1.165) is 0 Å². The molecular formula is C11H22O10. The minimum absolute atomic E-state index is 0.0869. The van der Waals surface area contributed by atoms with Crippen LogP contribution < -0.4 is 0 Å². The topological polar surface area (TPSA) is 196 Å². The maximum atomic E-state index is 9.87. The van der Waals surface area contributed by atoms with Crippen molar-refractivity contribution in [2.45, 2.75) is 49.7 Å². The highest BCUT2D eigenvalue weighted by Gasteiger charge is 2.27. The van der Waals surface area contributed by atoms with Crippen LogP contribution in [0.2, 0.25) is 0 Å². The summed E-state index contributed by atoms with van der Waals surface area (Å²) in [5.41, 5.74) is 0. The van der Waals surface area contributed by atoms with Crippen LogP contribution in [0.5, 0.6) is 0 Å². The van der Waals surface area contributed by atoms with E-state index in [4.69, 9.17) is 40.9 Å². The second kappa shape index (κ2) is 11.7. The molecule has 0 aliphatic heterocycles. The summed E-state index contributed by atoms with van der Waals surface area (Å²) in [6.07, 6.45) is -10.5. The fraction of sp³-hybridized carbons (Fsp3) is 0.818. The van der Waals surface area contributed by atoms with Crippen LogP contribution in [0.15, 0.2) is 0 Å². The molecule has 0 aromatic rings. The van der Waals surface area contributed by atoms with E-state index in [2.05, 4.69) is 0 Å². The summed E-state index contributed by atoms with van der Waals surface area (Å²) < 4.78 is 0. The van der Waals surface area contributed by atoms with Gasteiger partial charge in [-0.05, 0) is 6.92 Å². The average molecular weight is 314 g/mol. The first-order valence-corrected chi connectivity index (χ1v) is 5.91. The standard InChI is InChI=1S/C6H12O5.C5H10O5/c1-3(8)5(10)6(11)4(9)2-7;6-1-3(8)5(10)4(9)2-7/h2-6,8-11H,1H3;1,3-5,7-10H,2H2/t3-,4+,5+,6-;3-,4-,5-/m01/s1. The molecule has 0 rings (SSSR count). The van der Waals surface area contributed by atoms with E-state index in [9.17, 15) is 9.59 Å². The Hall–Kier alpha value is -0.980. The molecule has 7 atom stereocenters. The van der Waals surface area contributed by atoms with Gasteiger partial charge in [-0.15, -0.1) is 0 Å². The summed E-state index contributed by atoms with van der Waals surface area (Å²) in [6.45, 7) is 0.553. The van der Waals surface area contributed by atoms with Crippen molar-refractivity contribution in [3.05, 3.63) is 0 Å². The number of aliphatic hydroxyl groups excluding tert-OH is 8. The smallest absolute Gasteiger partial charge is 0.151 e. The van der Waals surface area contributed by atoms with E-state index in [1.807, 2.05) is 0 Å². The fourth-order valence-electron chi connectivity index (χ4n) is 0.984. The zero-order chi connectivity index (χ0) is 17.2. The number of hydrogen-bond acceptors (Lipinski definition) is 10. The number of aldehydes is 2. The first-order valence-electron chi connectivity index (χ1n) is 5.91. The fourth-order valence-corrected chi connectivity index (χ4v) is 0.984. The van der Waals surface area contributed by atoms with Gasteiger partial charge in [0, 0.05) is 0 Å². The first kappa shape index (κ1) is 22.3. The molecule has 0 amide bonds. The summed E-state index contributed by atoms with van der Waals surface area (Å²) >= 11 is 0. The number of rotatable bonds is 8. The van der Waals surface area contributed by atoms with E-state index >= 15 is 0 Å². The molecule has 0 bridgehead atoms. The maximum absolute atomic E-state index is 9.87. The normalized spacial score (nSPS) is 20.8. The van der Waals surface area contributed by atoms with Crippen LogP contribution in [0.4, 0.5) is 0 Å². The molecule has 0 radical (unpaired) electrons. The van der Waals surface area contributed by atoms with Crippen molar-refractivity contribution in [2.24, 2.45) is 0 Å². The van der Waals surface area contributed by atoms with Crippen LogP contribution in [-0.4, -0.2) is 103 Å². The molecule has 0 aromatic heterocycles. The predicted octanol–water partition coefficient (Wildman–Crippen LogP) is -5.09.